The Labute approximate surface area is 205 Å². The summed E-state index contributed by atoms with van der Waals surface area (Å²) in [7, 11) is 3.98. The number of aryl methyl sites for hydroxylation is 3. The number of carbonyl (C=O) groups excluding carboxylic acids is 2. The van der Waals surface area contributed by atoms with E-state index in [9.17, 15) is 14.9 Å². The molecule has 0 saturated carbocycles. The van der Waals surface area contributed by atoms with Gasteiger partial charge in [-0.05, 0) is 71.1 Å². The lowest BCUT2D eigenvalue weighted by molar-refractivity contribution is -0.128. The normalized spacial score (nSPS) is 15.7. The number of fused-ring (bicyclic) bond motifs is 1. The van der Waals surface area contributed by atoms with E-state index in [1.165, 1.54) is 10.9 Å². The predicted molar refractivity (Wildman–Crippen MR) is 134 cm³/mol. The predicted octanol–water partition coefficient (Wildman–Crippen LogP) is 2.96. The quantitative estimate of drug-likeness (QED) is 0.565. The second kappa shape index (κ2) is 9.84. The molecule has 1 aromatic carbocycles. The summed E-state index contributed by atoms with van der Waals surface area (Å²) in [5, 5.41) is 17.9. The maximum atomic E-state index is 13.1. The third-order valence-electron chi connectivity index (χ3n) is 6.41. The van der Waals surface area contributed by atoms with Gasteiger partial charge in [0.15, 0.2) is 11.6 Å². The molecule has 0 radical (unpaired) electrons. The molecule has 0 bridgehead atoms. The highest BCUT2D eigenvalue weighted by Gasteiger charge is 2.34. The fourth-order valence-corrected chi connectivity index (χ4v) is 4.62. The summed E-state index contributed by atoms with van der Waals surface area (Å²) in [5.41, 5.74) is 4.32. The summed E-state index contributed by atoms with van der Waals surface area (Å²) >= 11 is 0. The van der Waals surface area contributed by atoms with E-state index in [-0.39, 0.29) is 29.6 Å². The largest absolute Gasteiger partial charge is 0.342 e. The van der Waals surface area contributed by atoms with Crippen molar-refractivity contribution in [1.82, 2.24) is 24.6 Å². The van der Waals surface area contributed by atoms with Crippen LogP contribution in [0.5, 0.6) is 0 Å². The minimum Gasteiger partial charge on any atom is -0.342 e. The summed E-state index contributed by atoms with van der Waals surface area (Å²) in [6.07, 6.45) is 2.44. The van der Waals surface area contributed by atoms with Gasteiger partial charge >= 0.3 is 0 Å². The molecule has 9 heteroatoms. The molecule has 0 spiro atoms. The lowest BCUT2D eigenvalue weighted by atomic mass is 10.0. The van der Waals surface area contributed by atoms with Crippen LogP contribution in [0.25, 0.3) is 16.7 Å². The number of benzene rings is 1. The topological polar surface area (TPSA) is 107 Å². The van der Waals surface area contributed by atoms with Crippen LogP contribution < -0.4 is 5.32 Å². The molecule has 1 unspecified atom stereocenters. The van der Waals surface area contributed by atoms with Crippen LogP contribution in [0.2, 0.25) is 0 Å². The van der Waals surface area contributed by atoms with Gasteiger partial charge in [-0.3, -0.25) is 9.59 Å². The smallest absolute Gasteiger partial charge is 0.230 e. The van der Waals surface area contributed by atoms with Crippen molar-refractivity contribution in [3.8, 4) is 11.9 Å². The standard InChI is InChI=1S/C26H31N7O2/c1-16-9-18(3)24-21(10-16)17(2)11-22(29-24)33-25(20(13-27)14-28-33)30-26(35)19-12-23(34)32(15-19)8-6-7-31(4)5/h9-11,14,19H,6-8,12,15H2,1-5H3,(H,30,35). The molecule has 2 aromatic heterocycles. The third kappa shape index (κ3) is 5.03. The van der Waals surface area contributed by atoms with Gasteiger partial charge < -0.3 is 15.1 Å². The molecule has 3 aromatic rings. The van der Waals surface area contributed by atoms with Gasteiger partial charge in [-0.1, -0.05) is 11.6 Å². The second-order valence-corrected chi connectivity index (χ2v) is 9.59. The van der Waals surface area contributed by atoms with Crippen molar-refractivity contribution < 1.29 is 9.59 Å². The number of hydrogen-bond acceptors (Lipinski definition) is 6. The van der Waals surface area contributed by atoms with Crippen LogP contribution >= 0.6 is 0 Å². The molecule has 35 heavy (non-hydrogen) atoms. The van der Waals surface area contributed by atoms with E-state index in [2.05, 4.69) is 40.4 Å². The van der Waals surface area contributed by atoms with Crippen molar-refractivity contribution in [2.24, 2.45) is 5.92 Å². The Kier molecular flexibility index (Phi) is 6.85. The van der Waals surface area contributed by atoms with Crippen molar-refractivity contribution >= 4 is 28.5 Å². The van der Waals surface area contributed by atoms with E-state index < -0.39 is 5.92 Å². The number of nitrogens with zero attached hydrogens (tertiary/aromatic N) is 6. The van der Waals surface area contributed by atoms with Gasteiger partial charge in [0, 0.05) is 24.9 Å². The Morgan fingerprint density at radius 2 is 2.00 bits per heavy atom. The van der Waals surface area contributed by atoms with Gasteiger partial charge in [-0.2, -0.15) is 15.0 Å². The zero-order valence-electron chi connectivity index (χ0n) is 20.9. The fraction of sp³-hybridized carbons (Fsp3) is 0.423. The molecule has 3 heterocycles. The molecule has 182 valence electrons. The molecule has 1 saturated heterocycles. The van der Waals surface area contributed by atoms with Crippen LogP contribution in [0.1, 0.15) is 35.1 Å². The minimum atomic E-state index is -0.478. The number of likely N-dealkylation sites (tertiary alicyclic amines) is 1. The van der Waals surface area contributed by atoms with Gasteiger partial charge in [-0.25, -0.2) is 4.98 Å². The maximum Gasteiger partial charge on any atom is 0.230 e. The van der Waals surface area contributed by atoms with Crippen LogP contribution in [0, 0.1) is 38.0 Å². The van der Waals surface area contributed by atoms with Crippen molar-refractivity contribution in [2.75, 3.05) is 39.0 Å². The van der Waals surface area contributed by atoms with Crippen molar-refractivity contribution in [3.63, 3.8) is 0 Å². The van der Waals surface area contributed by atoms with Crippen molar-refractivity contribution in [3.05, 3.63) is 46.6 Å². The van der Waals surface area contributed by atoms with E-state index in [1.54, 1.807) is 4.90 Å². The minimum absolute atomic E-state index is 0.0180. The zero-order valence-corrected chi connectivity index (χ0v) is 20.9. The van der Waals surface area contributed by atoms with Gasteiger partial charge in [0.2, 0.25) is 11.8 Å². The monoisotopic (exact) mass is 473 g/mol. The Bertz CT molecular complexity index is 1340. The number of amides is 2. The molecule has 0 aliphatic carbocycles. The van der Waals surface area contributed by atoms with Crippen molar-refractivity contribution in [2.45, 2.75) is 33.6 Å². The Balaban J connectivity index is 1.59. The molecular weight excluding hydrogens is 442 g/mol. The summed E-state index contributed by atoms with van der Waals surface area (Å²) < 4.78 is 1.49. The average molecular weight is 474 g/mol. The summed E-state index contributed by atoms with van der Waals surface area (Å²) in [4.78, 5) is 34.2. The maximum absolute atomic E-state index is 13.1. The molecule has 1 aliphatic heterocycles. The molecule has 4 rings (SSSR count). The number of aromatic nitrogens is 3. The fourth-order valence-electron chi connectivity index (χ4n) is 4.62. The highest BCUT2D eigenvalue weighted by molar-refractivity contribution is 5.97. The number of anilines is 1. The number of hydrogen-bond donors (Lipinski definition) is 1. The number of carbonyl (C=O) groups is 2. The molecule has 9 nitrogen and oxygen atoms in total. The van der Waals surface area contributed by atoms with Gasteiger partial charge in [0.1, 0.15) is 11.6 Å². The number of pyridine rings is 1. The van der Waals surface area contributed by atoms with Gasteiger partial charge in [0.25, 0.3) is 0 Å². The van der Waals surface area contributed by atoms with Crippen molar-refractivity contribution in [1.29, 1.82) is 5.26 Å². The Hall–Kier alpha value is -3.77. The number of nitrogens with one attached hydrogen (secondary N) is 1. The van der Waals surface area contributed by atoms with Crippen LogP contribution in [0.4, 0.5) is 5.82 Å². The van der Waals surface area contributed by atoms with E-state index in [0.717, 1.165) is 40.6 Å². The van der Waals surface area contributed by atoms with E-state index in [1.807, 2.05) is 34.0 Å². The highest BCUT2D eigenvalue weighted by atomic mass is 16.2. The third-order valence-corrected chi connectivity index (χ3v) is 6.41. The van der Waals surface area contributed by atoms with Gasteiger partial charge in [-0.15, -0.1) is 0 Å². The van der Waals surface area contributed by atoms with Crippen LogP contribution in [-0.2, 0) is 9.59 Å². The summed E-state index contributed by atoms with van der Waals surface area (Å²) in [6.45, 7) is 7.95. The lowest BCUT2D eigenvalue weighted by Gasteiger charge is -2.18. The first-order valence-corrected chi connectivity index (χ1v) is 11.8. The molecule has 2 amide bonds. The molecule has 1 aliphatic rings. The highest BCUT2D eigenvalue weighted by Crippen LogP contribution is 2.27. The Morgan fingerprint density at radius 1 is 1.23 bits per heavy atom. The average Bonchev–Trinajstić information content (AvgIpc) is 3.37. The van der Waals surface area contributed by atoms with Crippen LogP contribution in [0.15, 0.2) is 24.4 Å². The first-order chi connectivity index (χ1) is 16.7. The van der Waals surface area contributed by atoms with Gasteiger partial charge in [0.05, 0.1) is 17.6 Å². The molecule has 1 N–H and O–H groups in total. The van der Waals surface area contributed by atoms with E-state index in [4.69, 9.17) is 4.98 Å². The Morgan fingerprint density at radius 3 is 2.71 bits per heavy atom. The van der Waals surface area contributed by atoms with E-state index >= 15 is 0 Å². The molecule has 1 fully saturated rings. The second-order valence-electron chi connectivity index (χ2n) is 9.59. The number of rotatable bonds is 7. The van der Waals surface area contributed by atoms with Crippen LogP contribution in [-0.4, -0.2) is 70.1 Å². The molecule has 1 atom stereocenters. The molecular formula is C26H31N7O2. The summed E-state index contributed by atoms with van der Waals surface area (Å²) in [6, 6.07) is 8.18. The first kappa shape index (κ1) is 24.4. The number of nitriles is 1. The van der Waals surface area contributed by atoms with E-state index in [0.29, 0.717) is 18.9 Å². The van der Waals surface area contributed by atoms with Crippen LogP contribution in [0.3, 0.4) is 0 Å². The SMILES string of the molecule is Cc1cc(C)c2nc(-n3ncc(C#N)c3NC(=O)C3CC(=O)N(CCCN(C)C)C3)cc(C)c2c1. The lowest BCUT2D eigenvalue weighted by Crippen LogP contribution is -2.31. The first-order valence-electron chi connectivity index (χ1n) is 11.8. The summed E-state index contributed by atoms with van der Waals surface area (Å²) in [5.74, 6) is -0.00149. The zero-order chi connectivity index (χ0) is 25.3.